The van der Waals surface area contributed by atoms with E-state index in [9.17, 15) is 4.39 Å². The van der Waals surface area contributed by atoms with Crippen molar-refractivity contribution in [3.63, 3.8) is 0 Å². The van der Waals surface area contributed by atoms with Crippen molar-refractivity contribution in [3.8, 4) is 11.3 Å². The Morgan fingerprint density at radius 3 is 2.61 bits per heavy atom. The van der Waals surface area contributed by atoms with Gasteiger partial charge in [0.05, 0.1) is 6.54 Å². The molecule has 0 unspecified atom stereocenters. The van der Waals surface area contributed by atoms with Gasteiger partial charge < -0.3 is 15.5 Å². The molecule has 3 nitrogen and oxygen atoms in total. The van der Waals surface area contributed by atoms with Crippen molar-refractivity contribution in [2.45, 2.75) is 13.0 Å². The van der Waals surface area contributed by atoms with Crippen LogP contribution in [-0.2, 0) is 6.54 Å². The Balaban J connectivity index is 1.95. The zero-order chi connectivity index (χ0) is 12.8. The molecule has 0 radical (unpaired) electrons. The number of furan rings is 1. The zero-order valence-corrected chi connectivity index (χ0v) is 10.2. The minimum Gasteiger partial charge on any atom is -0.460 e. The van der Waals surface area contributed by atoms with Crippen LogP contribution in [0.3, 0.4) is 0 Å². The topological polar surface area (TPSA) is 51.2 Å². The first kappa shape index (κ1) is 12.8. The third-order valence-corrected chi connectivity index (χ3v) is 2.65. The Hall–Kier alpha value is -1.65. The number of hydrogen-bond acceptors (Lipinski definition) is 3. The molecule has 0 spiro atoms. The fraction of sp³-hybridized carbons (Fsp3) is 0.286. The van der Waals surface area contributed by atoms with E-state index in [0.717, 1.165) is 30.0 Å². The molecular weight excluding hydrogens is 231 g/mol. The highest BCUT2D eigenvalue weighted by molar-refractivity contribution is 5.57. The van der Waals surface area contributed by atoms with E-state index in [-0.39, 0.29) is 5.82 Å². The molecule has 0 saturated heterocycles. The third-order valence-electron chi connectivity index (χ3n) is 2.65. The molecule has 0 aliphatic heterocycles. The number of nitrogens with one attached hydrogen (secondary N) is 1. The lowest BCUT2D eigenvalue weighted by Crippen LogP contribution is -2.17. The summed E-state index contributed by atoms with van der Waals surface area (Å²) in [6.45, 7) is 2.25. The highest BCUT2D eigenvalue weighted by Crippen LogP contribution is 2.22. The van der Waals surface area contributed by atoms with E-state index in [0.29, 0.717) is 13.1 Å². The third kappa shape index (κ3) is 3.42. The largest absolute Gasteiger partial charge is 0.460 e. The Kier molecular flexibility index (Phi) is 4.50. The summed E-state index contributed by atoms with van der Waals surface area (Å²) in [7, 11) is 0. The van der Waals surface area contributed by atoms with E-state index >= 15 is 0 Å². The van der Waals surface area contributed by atoms with E-state index in [1.807, 2.05) is 12.1 Å². The molecule has 0 atom stereocenters. The van der Waals surface area contributed by atoms with Gasteiger partial charge in [-0.25, -0.2) is 4.39 Å². The molecule has 0 saturated carbocycles. The van der Waals surface area contributed by atoms with Gasteiger partial charge in [-0.1, -0.05) is 0 Å². The van der Waals surface area contributed by atoms with Crippen LogP contribution in [0.4, 0.5) is 4.39 Å². The van der Waals surface area contributed by atoms with Crippen LogP contribution in [0.1, 0.15) is 12.2 Å². The monoisotopic (exact) mass is 248 g/mol. The molecule has 1 aromatic carbocycles. The van der Waals surface area contributed by atoms with Gasteiger partial charge >= 0.3 is 0 Å². The number of benzene rings is 1. The van der Waals surface area contributed by atoms with Crippen molar-refractivity contribution >= 4 is 0 Å². The minimum atomic E-state index is -0.242. The van der Waals surface area contributed by atoms with E-state index in [4.69, 9.17) is 10.2 Å². The molecule has 2 rings (SSSR count). The van der Waals surface area contributed by atoms with Gasteiger partial charge in [-0.05, 0) is 55.9 Å². The molecule has 0 fully saturated rings. The molecule has 0 aliphatic rings. The first-order chi connectivity index (χ1) is 8.79. The van der Waals surface area contributed by atoms with Crippen LogP contribution in [0.25, 0.3) is 11.3 Å². The highest BCUT2D eigenvalue weighted by atomic mass is 19.1. The molecule has 96 valence electrons. The van der Waals surface area contributed by atoms with Crippen LogP contribution in [0.15, 0.2) is 40.8 Å². The van der Waals surface area contributed by atoms with Crippen molar-refractivity contribution in [1.82, 2.24) is 5.32 Å². The van der Waals surface area contributed by atoms with Gasteiger partial charge in [0.25, 0.3) is 0 Å². The van der Waals surface area contributed by atoms with Crippen LogP contribution < -0.4 is 11.1 Å². The van der Waals surface area contributed by atoms with Gasteiger partial charge in [0.2, 0.25) is 0 Å². The van der Waals surface area contributed by atoms with Crippen molar-refractivity contribution in [1.29, 1.82) is 0 Å². The molecule has 0 amide bonds. The van der Waals surface area contributed by atoms with Crippen molar-refractivity contribution in [2.75, 3.05) is 13.1 Å². The van der Waals surface area contributed by atoms with Crippen molar-refractivity contribution in [2.24, 2.45) is 5.73 Å². The fourth-order valence-corrected chi connectivity index (χ4v) is 1.68. The Morgan fingerprint density at radius 1 is 1.11 bits per heavy atom. The van der Waals surface area contributed by atoms with Crippen molar-refractivity contribution < 1.29 is 8.81 Å². The van der Waals surface area contributed by atoms with Gasteiger partial charge in [-0.2, -0.15) is 0 Å². The summed E-state index contributed by atoms with van der Waals surface area (Å²) in [5.41, 5.74) is 6.29. The second-order valence-corrected chi connectivity index (χ2v) is 4.09. The summed E-state index contributed by atoms with van der Waals surface area (Å²) in [4.78, 5) is 0. The molecule has 0 bridgehead atoms. The van der Waals surface area contributed by atoms with E-state index < -0.39 is 0 Å². The first-order valence-electron chi connectivity index (χ1n) is 6.05. The molecule has 18 heavy (non-hydrogen) atoms. The normalized spacial score (nSPS) is 10.8. The molecule has 1 aromatic heterocycles. The van der Waals surface area contributed by atoms with E-state index in [2.05, 4.69) is 5.32 Å². The van der Waals surface area contributed by atoms with Crippen LogP contribution >= 0.6 is 0 Å². The second-order valence-electron chi connectivity index (χ2n) is 4.09. The zero-order valence-electron chi connectivity index (χ0n) is 10.2. The van der Waals surface area contributed by atoms with Gasteiger partial charge in [-0.15, -0.1) is 0 Å². The maximum Gasteiger partial charge on any atom is 0.134 e. The lowest BCUT2D eigenvalue weighted by atomic mass is 10.2. The highest BCUT2D eigenvalue weighted by Gasteiger charge is 2.04. The lowest BCUT2D eigenvalue weighted by Gasteiger charge is -2.01. The average Bonchev–Trinajstić information content (AvgIpc) is 2.84. The molecule has 4 heteroatoms. The summed E-state index contributed by atoms with van der Waals surface area (Å²) in [6.07, 6.45) is 0.950. The number of hydrogen-bond donors (Lipinski definition) is 2. The first-order valence-corrected chi connectivity index (χ1v) is 6.05. The quantitative estimate of drug-likeness (QED) is 0.772. The summed E-state index contributed by atoms with van der Waals surface area (Å²) in [5.74, 6) is 1.38. The predicted octanol–water partition coefficient (Wildman–Crippen LogP) is 2.52. The van der Waals surface area contributed by atoms with E-state index in [1.54, 1.807) is 12.1 Å². The summed E-state index contributed by atoms with van der Waals surface area (Å²) in [6, 6.07) is 10.1. The molecular formula is C14H17FN2O. The Bertz CT molecular complexity index is 479. The molecule has 1 heterocycles. The molecule has 3 N–H and O–H groups in total. The predicted molar refractivity (Wildman–Crippen MR) is 69.5 cm³/mol. The Labute approximate surface area is 106 Å². The standard InChI is InChI=1S/C14H17FN2O/c15-12-4-2-11(3-5-12)14-7-6-13(18-14)10-17-9-1-8-16/h2-7,17H,1,8-10,16H2. The summed E-state index contributed by atoms with van der Waals surface area (Å²) >= 11 is 0. The minimum absolute atomic E-state index is 0.242. The van der Waals surface area contributed by atoms with Gasteiger partial charge in [-0.3, -0.25) is 0 Å². The van der Waals surface area contributed by atoms with Gasteiger partial charge in [0, 0.05) is 5.56 Å². The van der Waals surface area contributed by atoms with Crippen LogP contribution in [0.2, 0.25) is 0 Å². The number of halogens is 1. The van der Waals surface area contributed by atoms with Gasteiger partial charge in [0.1, 0.15) is 17.3 Å². The maximum absolute atomic E-state index is 12.8. The van der Waals surface area contributed by atoms with Crippen LogP contribution in [0.5, 0.6) is 0 Å². The second kappa shape index (κ2) is 6.33. The molecule has 0 aliphatic carbocycles. The van der Waals surface area contributed by atoms with Crippen molar-refractivity contribution in [3.05, 3.63) is 48.0 Å². The maximum atomic E-state index is 12.8. The number of rotatable bonds is 6. The van der Waals surface area contributed by atoms with Crippen LogP contribution in [-0.4, -0.2) is 13.1 Å². The van der Waals surface area contributed by atoms with Gasteiger partial charge in [0.15, 0.2) is 0 Å². The average molecular weight is 248 g/mol. The fourth-order valence-electron chi connectivity index (χ4n) is 1.68. The Morgan fingerprint density at radius 2 is 1.89 bits per heavy atom. The van der Waals surface area contributed by atoms with E-state index in [1.165, 1.54) is 12.1 Å². The number of nitrogens with two attached hydrogens (primary N) is 1. The summed E-state index contributed by atoms with van der Waals surface area (Å²) < 4.78 is 18.5. The van der Waals surface area contributed by atoms with Crippen LogP contribution in [0, 0.1) is 5.82 Å². The SMILES string of the molecule is NCCCNCc1ccc(-c2ccc(F)cc2)o1. The lowest BCUT2D eigenvalue weighted by molar-refractivity contribution is 0.492. The molecule has 2 aromatic rings. The smallest absolute Gasteiger partial charge is 0.134 e. The summed E-state index contributed by atoms with van der Waals surface area (Å²) in [5, 5.41) is 3.24.